The number of rotatable bonds is 4. The highest BCUT2D eigenvalue weighted by Gasteiger charge is 2.34. The van der Waals surface area contributed by atoms with Gasteiger partial charge < -0.3 is 4.90 Å². The lowest BCUT2D eigenvalue weighted by Crippen LogP contribution is -2.37. The smallest absolute Gasteiger partial charge is 0.254 e. The van der Waals surface area contributed by atoms with Gasteiger partial charge in [-0.1, -0.05) is 19.3 Å². The van der Waals surface area contributed by atoms with Crippen LogP contribution in [0.5, 0.6) is 0 Å². The summed E-state index contributed by atoms with van der Waals surface area (Å²) in [5.41, 5.74) is 0.900. The Morgan fingerprint density at radius 2 is 2.00 bits per heavy atom. The molecule has 1 heterocycles. The van der Waals surface area contributed by atoms with E-state index < -0.39 is 0 Å². The summed E-state index contributed by atoms with van der Waals surface area (Å²) in [6.45, 7) is 0.996. The lowest BCUT2D eigenvalue weighted by molar-refractivity contribution is 0.0699. The third kappa shape index (κ3) is 3.51. The van der Waals surface area contributed by atoms with Crippen LogP contribution in [-0.2, 0) is 0 Å². The number of thiophene rings is 1. The fourth-order valence-corrected chi connectivity index (χ4v) is 4.34. The number of amides is 1. The van der Waals surface area contributed by atoms with Gasteiger partial charge in [-0.05, 0) is 60.3 Å². The molecule has 0 aliphatic heterocycles. The van der Waals surface area contributed by atoms with Gasteiger partial charge in [-0.25, -0.2) is 0 Å². The highest BCUT2D eigenvalue weighted by molar-refractivity contribution is 14.1. The van der Waals surface area contributed by atoms with Crippen molar-refractivity contribution in [3.63, 3.8) is 0 Å². The van der Waals surface area contributed by atoms with Crippen molar-refractivity contribution in [1.82, 2.24) is 4.90 Å². The summed E-state index contributed by atoms with van der Waals surface area (Å²) in [5.74, 6) is 1.02. The Bertz CT molecular complexity index is 449. The molecule has 1 aromatic rings. The fraction of sp³-hybridized carbons (Fsp3) is 0.667. The molecule has 0 aromatic carbocycles. The Morgan fingerprint density at radius 3 is 2.58 bits per heavy atom. The lowest BCUT2D eigenvalue weighted by atomic mass is 9.89. The first-order valence-electron chi connectivity index (χ1n) is 7.29. The Balaban J connectivity index is 1.68. The van der Waals surface area contributed by atoms with Crippen molar-refractivity contribution in [2.24, 2.45) is 5.92 Å². The number of hydrogen-bond acceptors (Lipinski definition) is 2. The van der Waals surface area contributed by atoms with Gasteiger partial charge in [0.25, 0.3) is 5.91 Å². The average molecular weight is 389 g/mol. The van der Waals surface area contributed by atoms with Gasteiger partial charge in [0.15, 0.2) is 0 Å². The normalized spacial score (nSPS) is 20.5. The van der Waals surface area contributed by atoms with Crippen LogP contribution in [0.4, 0.5) is 0 Å². The molecule has 0 bridgehead atoms. The highest BCUT2D eigenvalue weighted by atomic mass is 127. The molecule has 0 atom stereocenters. The Kier molecular flexibility index (Phi) is 4.47. The molecule has 1 aromatic heterocycles. The summed E-state index contributed by atoms with van der Waals surface area (Å²) in [6, 6.07) is 2.57. The zero-order valence-corrected chi connectivity index (χ0v) is 14.1. The van der Waals surface area contributed by atoms with Crippen LogP contribution in [0.1, 0.15) is 55.3 Å². The van der Waals surface area contributed by atoms with Crippen LogP contribution in [0.25, 0.3) is 0 Å². The van der Waals surface area contributed by atoms with Gasteiger partial charge in [-0.15, -0.1) is 11.3 Å². The average Bonchev–Trinajstić information content (AvgIpc) is 3.18. The molecule has 0 spiro atoms. The number of hydrogen-bond donors (Lipinski definition) is 0. The number of carbonyl (C=O) groups is 1. The minimum absolute atomic E-state index is 0.271. The van der Waals surface area contributed by atoms with Crippen LogP contribution < -0.4 is 0 Å². The molecule has 2 saturated carbocycles. The first-order chi connectivity index (χ1) is 9.24. The molecule has 2 aliphatic rings. The van der Waals surface area contributed by atoms with Gasteiger partial charge >= 0.3 is 0 Å². The molecule has 1 amide bonds. The van der Waals surface area contributed by atoms with E-state index in [0.717, 1.165) is 18.0 Å². The van der Waals surface area contributed by atoms with Crippen molar-refractivity contribution < 1.29 is 4.79 Å². The van der Waals surface area contributed by atoms with Crippen molar-refractivity contribution in [2.75, 3.05) is 6.54 Å². The minimum atomic E-state index is 0.271. The maximum Gasteiger partial charge on any atom is 0.254 e. The van der Waals surface area contributed by atoms with Crippen molar-refractivity contribution >= 4 is 39.8 Å². The van der Waals surface area contributed by atoms with E-state index in [1.54, 1.807) is 11.3 Å². The topological polar surface area (TPSA) is 20.3 Å². The van der Waals surface area contributed by atoms with Crippen LogP contribution in [0.15, 0.2) is 11.4 Å². The zero-order valence-electron chi connectivity index (χ0n) is 11.1. The van der Waals surface area contributed by atoms with Crippen molar-refractivity contribution in [3.8, 4) is 0 Å². The van der Waals surface area contributed by atoms with E-state index in [9.17, 15) is 4.79 Å². The molecule has 2 fully saturated rings. The van der Waals surface area contributed by atoms with Gasteiger partial charge in [0, 0.05) is 18.0 Å². The molecule has 104 valence electrons. The quantitative estimate of drug-likeness (QED) is 0.693. The van der Waals surface area contributed by atoms with Gasteiger partial charge in [0.2, 0.25) is 0 Å². The molecule has 19 heavy (non-hydrogen) atoms. The lowest BCUT2D eigenvalue weighted by Gasteiger charge is -2.29. The Hall–Kier alpha value is -0.100. The number of carbonyl (C=O) groups excluding carboxylic acids is 1. The molecule has 4 heteroatoms. The Morgan fingerprint density at radius 1 is 1.26 bits per heavy atom. The van der Waals surface area contributed by atoms with Gasteiger partial charge in [0.05, 0.1) is 8.45 Å². The highest BCUT2D eigenvalue weighted by Crippen LogP contribution is 2.33. The SMILES string of the molecule is O=C(c1csc(I)c1)N(CC1CCCCC1)C1CC1. The van der Waals surface area contributed by atoms with Gasteiger partial charge in [0.1, 0.15) is 0 Å². The largest absolute Gasteiger partial charge is 0.335 e. The van der Waals surface area contributed by atoms with E-state index in [0.29, 0.717) is 6.04 Å². The maximum absolute atomic E-state index is 12.6. The number of nitrogens with zero attached hydrogens (tertiary/aromatic N) is 1. The van der Waals surface area contributed by atoms with E-state index in [1.165, 1.54) is 47.8 Å². The maximum atomic E-state index is 12.6. The molecule has 2 nitrogen and oxygen atoms in total. The summed E-state index contributed by atoms with van der Waals surface area (Å²) in [5, 5.41) is 2.01. The fourth-order valence-electron chi connectivity index (χ4n) is 3.02. The van der Waals surface area contributed by atoms with Gasteiger partial charge in [-0.3, -0.25) is 4.79 Å². The molecule has 3 rings (SSSR count). The molecular formula is C15H20INOS. The summed E-state index contributed by atoms with van der Waals surface area (Å²) in [4.78, 5) is 14.8. The van der Waals surface area contributed by atoms with Crippen LogP contribution >= 0.6 is 33.9 Å². The zero-order chi connectivity index (χ0) is 13.2. The van der Waals surface area contributed by atoms with E-state index in [4.69, 9.17) is 0 Å². The molecule has 0 N–H and O–H groups in total. The van der Waals surface area contributed by atoms with E-state index in [2.05, 4.69) is 27.5 Å². The number of halogens is 1. The van der Waals surface area contributed by atoms with Crippen molar-refractivity contribution in [3.05, 3.63) is 19.9 Å². The third-order valence-corrected chi connectivity index (χ3v) is 6.03. The standard InChI is InChI=1S/C15H20INOS/c16-14-8-12(10-19-14)15(18)17(13-6-7-13)9-11-4-2-1-3-5-11/h8,10-11,13H,1-7,9H2. The van der Waals surface area contributed by atoms with Crippen molar-refractivity contribution in [1.29, 1.82) is 0 Å². The summed E-state index contributed by atoms with van der Waals surface area (Å²) in [6.07, 6.45) is 9.15. The first kappa shape index (κ1) is 13.9. The monoisotopic (exact) mass is 389 g/mol. The minimum Gasteiger partial charge on any atom is -0.335 e. The molecule has 0 unspecified atom stereocenters. The van der Waals surface area contributed by atoms with Crippen LogP contribution in [0.2, 0.25) is 0 Å². The second-order valence-corrected chi connectivity index (χ2v) is 8.64. The predicted molar refractivity (Wildman–Crippen MR) is 87.7 cm³/mol. The van der Waals surface area contributed by atoms with Gasteiger partial charge in [-0.2, -0.15) is 0 Å². The molecular weight excluding hydrogens is 369 g/mol. The molecule has 0 radical (unpaired) electrons. The van der Waals surface area contributed by atoms with E-state index in [-0.39, 0.29) is 5.91 Å². The summed E-state index contributed by atoms with van der Waals surface area (Å²) in [7, 11) is 0. The van der Waals surface area contributed by atoms with Crippen LogP contribution in [0.3, 0.4) is 0 Å². The first-order valence-corrected chi connectivity index (χ1v) is 9.25. The van der Waals surface area contributed by atoms with Crippen LogP contribution in [0, 0.1) is 8.80 Å². The third-order valence-electron chi connectivity index (χ3n) is 4.24. The molecule has 0 saturated heterocycles. The Labute approximate surface area is 132 Å². The second-order valence-electron chi connectivity index (χ2n) is 5.83. The van der Waals surface area contributed by atoms with E-state index in [1.807, 2.05) is 11.4 Å². The van der Waals surface area contributed by atoms with Crippen molar-refractivity contribution in [2.45, 2.75) is 51.0 Å². The summed E-state index contributed by atoms with van der Waals surface area (Å²) >= 11 is 3.96. The molecule has 2 aliphatic carbocycles. The van der Waals surface area contributed by atoms with E-state index >= 15 is 0 Å². The second kappa shape index (κ2) is 6.12. The predicted octanol–water partition coefficient (Wildman–Crippen LogP) is 4.54. The van der Waals surface area contributed by atoms with Crippen LogP contribution in [-0.4, -0.2) is 23.4 Å². The summed E-state index contributed by atoms with van der Waals surface area (Å²) < 4.78 is 1.20.